The number of carboxylic acid groups (broad SMARTS) is 1. The fourth-order valence-electron chi connectivity index (χ4n) is 3.19. The summed E-state index contributed by atoms with van der Waals surface area (Å²) in [7, 11) is 0.532. The Morgan fingerprint density at radius 3 is 2.74 bits per heavy atom. The largest absolute Gasteiger partial charge is 0.547 e. The van der Waals surface area contributed by atoms with Crippen LogP contribution < -0.4 is 15.3 Å². The smallest absolute Gasteiger partial charge is 0.534 e. The fraction of sp³-hybridized carbons (Fsp3) is 0.263. The Morgan fingerprint density at radius 2 is 2.07 bits per heavy atom. The Bertz CT molecular complexity index is 886. The van der Waals surface area contributed by atoms with Crippen LogP contribution in [0, 0.1) is 6.92 Å². The first-order chi connectivity index (χ1) is 12.9. The first-order valence-corrected chi connectivity index (χ1v) is 8.65. The Hall–Kier alpha value is -2.84. The maximum Gasteiger partial charge on any atom is 0.547 e. The van der Waals surface area contributed by atoms with Crippen molar-refractivity contribution in [2.75, 3.05) is 7.05 Å². The van der Waals surface area contributed by atoms with Crippen LogP contribution in [-0.2, 0) is 13.0 Å². The zero-order valence-electron chi connectivity index (χ0n) is 15.2. The molecule has 0 spiro atoms. The van der Waals surface area contributed by atoms with Gasteiger partial charge in [-0.05, 0) is 55.3 Å². The molecule has 1 heterocycles. The van der Waals surface area contributed by atoms with Crippen LogP contribution in [0.1, 0.15) is 37.4 Å². The van der Waals surface area contributed by atoms with E-state index in [0.29, 0.717) is 17.7 Å². The molecule has 4 N–H and O–H groups in total. The lowest BCUT2D eigenvalue weighted by Gasteiger charge is -2.29. The second kappa shape index (κ2) is 7.81. The summed E-state index contributed by atoms with van der Waals surface area (Å²) >= 11 is 0. The summed E-state index contributed by atoms with van der Waals surface area (Å²) < 4.78 is 5.40. The van der Waals surface area contributed by atoms with Gasteiger partial charge >= 0.3 is 13.1 Å². The van der Waals surface area contributed by atoms with Crippen molar-refractivity contribution < 1.29 is 24.4 Å². The van der Waals surface area contributed by atoms with Crippen molar-refractivity contribution in [1.29, 1.82) is 0 Å². The molecule has 140 valence electrons. The molecular formula is C19H21BN2O5. The van der Waals surface area contributed by atoms with Gasteiger partial charge in [0.05, 0.1) is 11.5 Å². The van der Waals surface area contributed by atoms with Gasteiger partial charge < -0.3 is 25.4 Å². The van der Waals surface area contributed by atoms with E-state index in [0.717, 1.165) is 11.1 Å². The molecule has 1 amide bonds. The highest BCUT2D eigenvalue weighted by atomic mass is 16.5. The number of amides is 1. The third-order valence-electron chi connectivity index (χ3n) is 4.64. The van der Waals surface area contributed by atoms with Gasteiger partial charge in [0.25, 0.3) is 5.91 Å². The number of nitrogens with one attached hydrogen (secondary N) is 2. The van der Waals surface area contributed by atoms with Crippen molar-refractivity contribution >= 4 is 19.0 Å². The second-order valence-corrected chi connectivity index (χ2v) is 6.56. The molecule has 0 fully saturated rings. The molecule has 27 heavy (non-hydrogen) atoms. The lowest BCUT2D eigenvalue weighted by molar-refractivity contribution is 0.0693. The van der Waals surface area contributed by atoms with Crippen LogP contribution in [0.4, 0.5) is 0 Å². The van der Waals surface area contributed by atoms with Gasteiger partial charge in [-0.1, -0.05) is 18.2 Å². The number of carbonyl (C=O) groups excluding carboxylic acids is 1. The van der Waals surface area contributed by atoms with Crippen LogP contribution in [0.25, 0.3) is 0 Å². The molecule has 0 bridgehead atoms. The first kappa shape index (κ1) is 18.9. The average Bonchev–Trinajstić information content (AvgIpc) is 2.63. The Labute approximate surface area is 157 Å². The second-order valence-electron chi connectivity index (χ2n) is 6.56. The SMILES string of the molecule is CNCc1ccc(C(=O)NC2Cc3cccc(C(=O)O)c3OB2O)cc1C. The number of carboxylic acids is 1. The topological polar surface area (TPSA) is 108 Å². The number of fused-ring (bicyclic) bond motifs is 1. The molecule has 1 unspecified atom stereocenters. The third-order valence-corrected chi connectivity index (χ3v) is 4.64. The summed E-state index contributed by atoms with van der Waals surface area (Å²) in [5.74, 6) is -1.97. The molecule has 0 radical (unpaired) electrons. The zero-order chi connectivity index (χ0) is 19.6. The maximum absolute atomic E-state index is 12.6. The van der Waals surface area contributed by atoms with Gasteiger partial charge in [0.15, 0.2) is 0 Å². The molecule has 0 saturated heterocycles. The van der Waals surface area contributed by atoms with E-state index in [1.807, 2.05) is 20.0 Å². The molecule has 8 heteroatoms. The average molecular weight is 368 g/mol. The highest BCUT2D eigenvalue weighted by Gasteiger charge is 2.37. The molecular weight excluding hydrogens is 347 g/mol. The summed E-state index contributed by atoms with van der Waals surface area (Å²) in [5.41, 5.74) is 3.21. The predicted molar refractivity (Wildman–Crippen MR) is 101 cm³/mol. The van der Waals surface area contributed by atoms with Gasteiger partial charge in [0.2, 0.25) is 0 Å². The van der Waals surface area contributed by atoms with E-state index in [1.165, 1.54) is 6.07 Å². The minimum Gasteiger partial charge on any atom is -0.534 e. The number of rotatable bonds is 5. The lowest BCUT2D eigenvalue weighted by Crippen LogP contribution is -2.53. The highest BCUT2D eigenvalue weighted by Crippen LogP contribution is 2.30. The summed E-state index contributed by atoms with van der Waals surface area (Å²) in [6.45, 7) is 2.65. The van der Waals surface area contributed by atoms with Crippen molar-refractivity contribution in [3.05, 3.63) is 64.2 Å². The maximum atomic E-state index is 12.6. The van der Waals surface area contributed by atoms with Gasteiger partial charge in [-0.25, -0.2) is 4.79 Å². The van der Waals surface area contributed by atoms with E-state index in [4.69, 9.17) is 4.65 Å². The zero-order valence-corrected chi connectivity index (χ0v) is 15.2. The van der Waals surface area contributed by atoms with Gasteiger partial charge in [0.1, 0.15) is 5.75 Å². The van der Waals surface area contributed by atoms with Crippen LogP contribution in [0.15, 0.2) is 36.4 Å². The molecule has 1 atom stereocenters. The number of hydrogen-bond acceptors (Lipinski definition) is 5. The van der Waals surface area contributed by atoms with Crippen molar-refractivity contribution in [1.82, 2.24) is 10.6 Å². The van der Waals surface area contributed by atoms with Gasteiger partial charge in [-0.2, -0.15) is 0 Å². The van der Waals surface area contributed by atoms with Crippen molar-refractivity contribution in [2.45, 2.75) is 25.8 Å². The van der Waals surface area contributed by atoms with E-state index < -0.39 is 19.0 Å². The van der Waals surface area contributed by atoms with Gasteiger partial charge in [0, 0.05) is 12.1 Å². The summed E-state index contributed by atoms with van der Waals surface area (Å²) in [5, 5.41) is 25.3. The number of carbonyl (C=O) groups is 2. The highest BCUT2D eigenvalue weighted by molar-refractivity contribution is 6.47. The van der Waals surface area contributed by atoms with Gasteiger partial charge in [-0.3, -0.25) is 4.79 Å². The lowest BCUT2D eigenvalue weighted by atomic mass is 9.72. The molecule has 1 aliphatic heterocycles. The molecule has 3 rings (SSSR count). The third kappa shape index (κ3) is 3.96. The van der Waals surface area contributed by atoms with Crippen LogP contribution >= 0.6 is 0 Å². The van der Waals surface area contributed by atoms with Crippen LogP contribution in [0.3, 0.4) is 0 Å². The standard InChI is InChI=1S/C19H21BN2O5/c1-11-8-13(6-7-14(11)10-21-2)18(23)22-16-9-12-4-3-5-15(19(24)25)17(12)27-20(16)26/h3-8,16,21,26H,9-10H2,1-2H3,(H,22,23)(H,24,25). The summed E-state index contributed by atoms with van der Waals surface area (Å²) in [6, 6.07) is 10.2. The Morgan fingerprint density at radius 1 is 1.30 bits per heavy atom. The first-order valence-electron chi connectivity index (χ1n) is 8.65. The number of para-hydroxylation sites is 1. The van der Waals surface area contributed by atoms with E-state index in [-0.39, 0.29) is 23.6 Å². The quantitative estimate of drug-likeness (QED) is 0.590. The summed E-state index contributed by atoms with van der Waals surface area (Å²) in [4.78, 5) is 23.9. The Balaban J connectivity index is 1.76. The molecule has 2 aromatic carbocycles. The minimum absolute atomic E-state index is 0.00734. The predicted octanol–water partition coefficient (Wildman–Crippen LogP) is 1.17. The number of benzene rings is 2. The van der Waals surface area contributed by atoms with Gasteiger partial charge in [-0.15, -0.1) is 0 Å². The molecule has 1 aliphatic rings. The van der Waals surface area contributed by atoms with E-state index >= 15 is 0 Å². The Kier molecular flexibility index (Phi) is 5.48. The van der Waals surface area contributed by atoms with E-state index in [2.05, 4.69) is 10.6 Å². The molecule has 0 saturated carbocycles. The van der Waals surface area contributed by atoms with Crippen molar-refractivity contribution in [3.63, 3.8) is 0 Å². The fourth-order valence-corrected chi connectivity index (χ4v) is 3.19. The van der Waals surface area contributed by atoms with E-state index in [1.54, 1.807) is 24.3 Å². The van der Waals surface area contributed by atoms with Crippen LogP contribution in [-0.4, -0.2) is 42.1 Å². The molecule has 0 aliphatic carbocycles. The monoisotopic (exact) mass is 368 g/mol. The molecule has 7 nitrogen and oxygen atoms in total. The minimum atomic E-state index is -1.33. The number of aromatic carboxylic acids is 1. The van der Waals surface area contributed by atoms with Crippen LogP contribution in [0.5, 0.6) is 5.75 Å². The normalized spacial score (nSPS) is 15.7. The summed E-state index contributed by atoms with van der Waals surface area (Å²) in [6.07, 6.45) is 0.278. The number of hydrogen-bond donors (Lipinski definition) is 4. The van der Waals surface area contributed by atoms with Crippen molar-refractivity contribution in [3.8, 4) is 5.75 Å². The number of aryl methyl sites for hydroxylation is 1. The molecule has 0 aromatic heterocycles. The van der Waals surface area contributed by atoms with Crippen LogP contribution in [0.2, 0.25) is 0 Å². The van der Waals surface area contributed by atoms with Crippen molar-refractivity contribution in [2.24, 2.45) is 0 Å². The van der Waals surface area contributed by atoms with E-state index in [9.17, 15) is 19.7 Å². The molecule has 2 aromatic rings.